The smallest absolute Gasteiger partial charge is 0.142 e. The first-order valence-corrected chi connectivity index (χ1v) is 8.94. The second-order valence-corrected chi connectivity index (χ2v) is 7.93. The number of nitrogens with one attached hydrogen (secondary N) is 1. The summed E-state index contributed by atoms with van der Waals surface area (Å²) in [6, 6.07) is 6.85. The van der Waals surface area contributed by atoms with Gasteiger partial charge >= 0.3 is 0 Å². The Kier molecular flexibility index (Phi) is 6.05. The second-order valence-electron chi connectivity index (χ2n) is 4.30. The largest absolute Gasteiger partial charge is 0.306 e. The number of hydrogen-bond donors (Lipinski definition) is 1. The van der Waals surface area contributed by atoms with E-state index in [1.807, 2.05) is 12.1 Å². The van der Waals surface area contributed by atoms with Crippen molar-refractivity contribution in [3.63, 3.8) is 0 Å². The topological polar surface area (TPSA) is 12.0 Å². The van der Waals surface area contributed by atoms with Gasteiger partial charge in [0.1, 0.15) is 5.82 Å². The summed E-state index contributed by atoms with van der Waals surface area (Å²) in [7, 11) is 0. The lowest BCUT2D eigenvalue weighted by Gasteiger charge is -2.19. The van der Waals surface area contributed by atoms with Crippen LogP contribution >= 0.6 is 54.8 Å². The summed E-state index contributed by atoms with van der Waals surface area (Å²) in [5, 5.41) is 3.61. The highest BCUT2D eigenvalue weighted by Gasteiger charge is 2.21. The predicted octanol–water partition coefficient (Wildman–Crippen LogP) is 6.15. The van der Waals surface area contributed by atoms with Gasteiger partial charge in [0, 0.05) is 9.35 Å². The van der Waals surface area contributed by atoms with E-state index in [9.17, 15) is 4.39 Å². The maximum Gasteiger partial charge on any atom is 0.142 e. The highest BCUT2D eigenvalue weighted by molar-refractivity contribution is 9.13. The summed E-state index contributed by atoms with van der Waals surface area (Å²) in [6.45, 7) is 2.93. The van der Waals surface area contributed by atoms with Crippen molar-refractivity contribution in [3.8, 4) is 0 Å². The summed E-state index contributed by atoms with van der Waals surface area (Å²) < 4.78 is 15.7. The van der Waals surface area contributed by atoms with E-state index in [1.54, 1.807) is 17.4 Å². The van der Waals surface area contributed by atoms with Crippen molar-refractivity contribution in [2.75, 3.05) is 6.54 Å². The molecule has 2 aromatic rings. The Balaban J connectivity index is 2.44. The third-order valence-corrected chi connectivity index (χ3v) is 6.56. The number of hydrogen-bond acceptors (Lipinski definition) is 2. The van der Waals surface area contributed by atoms with E-state index in [-0.39, 0.29) is 16.9 Å². The van der Waals surface area contributed by atoms with E-state index >= 15 is 0 Å². The zero-order chi connectivity index (χ0) is 14.7. The number of halogens is 4. The minimum atomic E-state index is -0.387. The van der Waals surface area contributed by atoms with Crippen LogP contribution in [0.25, 0.3) is 0 Å². The molecule has 1 unspecified atom stereocenters. The van der Waals surface area contributed by atoms with Crippen LogP contribution in [-0.4, -0.2) is 6.54 Å². The predicted molar refractivity (Wildman–Crippen MR) is 91.3 cm³/mol. The molecule has 0 fully saturated rings. The molecule has 1 nitrogen and oxygen atoms in total. The quantitative estimate of drug-likeness (QED) is 0.586. The van der Waals surface area contributed by atoms with Gasteiger partial charge in [0.05, 0.1) is 14.9 Å². The molecule has 0 aliphatic carbocycles. The fraction of sp³-hybridized carbons (Fsp3) is 0.286. The van der Waals surface area contributed by atoms with Crippen molar-refractivity contribution in [1.29, 1.82) is 0 Å². The van der Waals surface area contributed by atoms with Gasteiger partial charge in [-0.1, -0.05) is 30.7 Å². The van der Waals surface area contributed by atoms with Gasteiger partial charge in [-0.3, -0.25) is 0 Å². The van der Waals surface area contributed by atoms with Crippen LogP contribution < -0.4 is 5.32 Å². The molecule has 0 saturated carbocycles. The van der Waals surface area contributed by atoms with E-state index in [2.05, 4.69) is 44.1 Å². The van der Waals surface area contributed by atoms with E-state index < -0.39 is 0 Å². The molecule has 1 atom stereocenters. The minimum absolute atomic E-state index is 0.106. The van der Waals surface area contributed by atoms with Crippen LogP contribution in [0.4, 0.5) is 4.39 Å². The summed E-state index contributed by atoms with van der Waals surface area (Å²) in [5.41, 5.74) is 0.765. The number of benzene rings is 1. The molecule has 0 saturated heterocycles. The van der Waals surface area contributed by atoms with Crippen LogP contribution in [0.3, 0.4) is 0 Å². The molecule has 0 radical (unpaired) electrons. The monoisotopic (exact) mass is 439 g/mol. The number of rotatable bonds is 5. The summed E-state index contributed by atoms with van der Waals surface area (Å²) in [4.78, 5) is 1.09. The Morgan fingerprint density at radius 1 is 1.40 bits per heavy atom. The third kappa shape index (κ3) is 3.63. The SMILES string of the molecule is CCCNC(c1cc(Br)c(Br)s1)c1cccc(F)c1Cl. The van der Waals surface area contributed by atoms with Gasteiger partial charge in [-0.2, -0.15) is 0 Å². The molecule has 6 heteroatoms. The van der Waals surface area contributed by atoms with E-state index in [4.69, 9.17) is 11.6 Å². The molecule has 0 aliphatic heterocycles. The van der Waals surface area contributed by atoms with Crippen LogP contribution in [0.15, 0.2) is 32.5 Å². The van der Waals surface area contributed by atoms with Crippen molar-refractivity contribution >= 4 is 54.8 Å². The molecule has 108 valence electrons. The molecule has 0 amide bonds. The molecule has 0 aliphatic rings. The molecule has 0 bridgehead atoms. The fourth-order valence-corrected chi connectivity index (χ4v) is 4.32. The molecule has 1 aromatic carbocycles. The lowest BCUT2D eigenvalue weighted by atomic mass is 10.0. The normalized spacial score (nSPS) is 12.7. The van der Waals surface area contributed by atoms with E-state index in [0.29, 0.717) is 0 Å². The molecule has 2 rings (SSSR count). The van der Waals surface area contributed by atoms with Crippen molar-refractivity contribution in [3.05, 3.63) is 53.8 Å². The molecular formula is C14H13Br2ClFNS. The lowest BCUT2D eigenvalue weighted by Crippen LogP contribution is -2.22. The Hall–Kier alpha value is 0.0600. The van der Waals surface area contributed by atoms with E-state index in [0.717, 1.165) is 31.7 Å². The van der Waals surface area contributed by atoms with Gasteiger partial charge in [-0.25, -0.2) is 4.39 Å². The first-order chi connectivity index (χ1) is 9.54. The highest BCUT2D eigenvalue weighted by Crippen LogP contribution is 2.39. The van der Waals surface area contributed by atoms with Gasteiger partial charge in [-0.05, 0) is 62.5 Å². The standard InChI is InChI=1S/C14H13Br2ClFNS/c1-2-6-19-13(11-7-9(15)14(16)20-11)8-4-3-5-10(18)12(8)17/h3-5,7,13,19H,2,6H2,1H3. The average Bonchev–Trinajstić information content (AvgIpc) is 2.74. The van der Waals surface area contributed by atoms with Gasteiger partial charge in [0.2, 0.25) is 0 Å². The Bertz CT molecular complexity index is 583. The maximum absolute atomic E-state index is 13.7. The Morgan fingerprint density at radius 2 is 2.15 bits per heavy atom. The van der Waals surface area contributed by atoms with Crippen LogP contribution in [0, 0.1) is 5.82 Å². The minimum Gasteiger partial charge on any atom is -0.306 e. The Labute approximate surface area is 143 Å². The molecule has 20 heavy (non-hydrogen) atoms. The van der Waals surface area contributed by atoms with Crippen molar-refractivity contribution in [2.24, 2.45) is 0 Å². The highest BCUT2D eigenvalue weighted by atomic mass is 79.9. The fourth-order valence-electron chi connectivity index (χ4n) is 1.90. The second kappa shape index (κ2) is 7.36. The summed E-state index contributed by atoms with van der Waals surface area (Å²) in [5.74, 6) is -0.387. The first kappa shape index (κ1) is 16.4. The molecule has 1 N–H and O–H groups in total. The van der Waals surface area contributed by atoms with Crippen LogP contribution in [0.1, 0.15) is 29.8 Å². The zero-order valence-corrected chi connectivity index (χ0v) is 15.5. The van der Waals surface area contributed by atoms with Crippen LogP contribution in [0.2, 0.25) is 5.02 Å². The summed E-state index contributed by atoms with van der Waals surface area (Å²) in [6.07, 6.45) is 0.997. The number of thiophene rings is 1. The first-order valence-electron chi connectivity index (χ1n) is 6.16. The van der Waals surface area contributed by atoms with Gasteiger partial charge in [0.25, 0.3) is 0 Å². The van der Waals surface area contributed by atoms with Gasteiger partial charge < -0.3 is 5.32 Å². The molecule has 1 heterocycles. The lowest BCUT2D eigenvalue weighted by molar-refractivity contribution is 0.591. The molecule has 0 spiro atoms. The van der Waals surface area contributed by atoms with Gasteiger partial charge in [-0.15, -0.1) is 11.3 Å². The molecular weight excluding hydrogens is 428 g/mol. The van der Waals surface area contributed by atoms with Crippen LogP contribution in [-0.2, 0) is 0 Å². The average molecular weight is 442 g/mol. The van der Waals surface area contributed by atoms with Crippen molar-refractivity contribution in [2.45, 2.75) is 19.4 Å². The third-order valence-electron chi connectivity index (χ3n) is 2.84. The summed E-state index contributed by atoms with van der Waals surface area (Å²) >= 11 is 14.7. The maximum atomic E-state index is 13.7. The van der Waals surface area contributed by atoms with Crippen molar-refractivity contribution in [1.82, 2.24) is 5.32 Å². The molecule has 1 aromatic heterocycles. The Morgan fingerprint density at radius 3 is 2.75 bits per heavy atom. The zero-order valence-electron chi connectivity index (χ0n) is 10.7. The van der Waals surface area contributed by atoms with Crippen molar-refractivity contribution < 1.29 is 4.39 Å². The van der Waals surface area contributed by atoms with Crippen LogP contribution in [0.5, 0.6) is 0 Å². The van der Waals surface area contributed by atoms with Gasteiger partial charge in [0.15, 0.2) is 0 Å². The van der Waals surface area contributed by atoms with E-state index in [1.165, 1.54) is 6.07 Å².